The minimum Gasteiger partial charge on any atom is -0.216 e. The van der Waals surface area contributed by atoms with Gasteiger partial charge in [0, 0.05) is 0 Å². The third kappa shape index (κ3) is 3.85. The predicted octanol–water partition coefficient (Wildman–Crippen LogP) is 2.91. The number of allylic oxidation sites excluding steroid dienone is 1. The molecule has 0 aromatic rings. The van der Waals surface area contributed by atoms with Gasteiger partial charge in [0.15, 0.2) is 0 Å². The Labute approximate surface area is 50.4 Å². The summed E-state index contributed by atoms with van der Waals surface area (Å²) in [5.41, 5.74) is 0. The first-order chi connectivity index (χ1) is 3.81. The van der Waals surface area contributed by atoms with Gasteiger partial charge in [-0.3, -0.25) is 0 Å². The molecule has 8 heavy (non-hydrogen) atoms. The normalized spacial score (nSPS) is 14.9. The van der Waals surface area contributed by atoms with Gasteiger partial charge in [0.05, 0.1) is 6.33 Å². The number of rotatable bonds is 3. The van der Waals surface area contributed by atoms with Crippen molar-refractivity contribution in [2.75, 3.05) is 0 Å². The Bertz CT molecular complexity index is 66.8. The molecule has 1 atom stereocenters. The van der Waals surface area contributed by atoms with Gasteiger partial charge in [0.25, 0.3) is 0 Å². The molecule has 0 fully saturated rings. The van der Waals surface area contributed by atoms with E-state index in [1.54, 1.807) is 6.08 Å². The lowest BCUT2D eigenvalue weighted by Gasteiger charge is -1.98. The molecule has 1 heteroatoms. The SMILES string of the molecule is CCCC(C)/C=C/F. The molecule has 0 aromatic heterocycles. The molecular weight excluding hydrogens is 103 g/mol. The van der Waals surface area contributed by atoms with E-state index in [0.29, 0.717) is 12.2 Å². The van der Waals surface area contributed by atoms with E-state index in [9.17, 15) is 4.39 Å². The van der Waals surface area contributed by atoms with Gasteiger partial charge in [-0.05, 0) is 12.3 Å². The van der Waals surface area contributed by atoms with E-state index in [1.165, 1.54) is 0 Å². The molecular formula is C7H13F. The molecule has 0 aliphatic heterocycles. The van der Waals surface area contributed by atoms with Crippen molar-refractivity contribution in [1.82, 2.24) is 0 Å². The summed E-state index contributed by atoms with van der Waals surface area (Å²) >= 11 is 0. The summed E-state index contributed by atoms with van der Waals surface area (Å²) in [7, 11) is 0. The zero-order valence-electron chi connectivity index (χ0n) is 5.52. The Morgan fingerprint density at radius 1 is 1.62 bits per heavy atom. The van der Waals surface area contributed by atoms with E-state index in [0.717, 1.165) is 12.8 Å². The van der Waals surface area contributed by atoms with Crippen LogP contribution in [-0.4, -0.2) is 0 Å². The molecule has 0 amide bonds. The summed E-state index contributed by atoms with van der Waals surface area (Å²) in [6.45, 7) is 4.11. The fraction of sp³-hybridized carbons (Fsp3) is 0.714. The minimum absolute atomic E-state index is 0.407. The zero-order chi connectivity index (χ0) is 6.41. The fourth-order valence-corrected chi connectivity index (χ4v) is 0.676. The van der Waals surface area contributed by atoms with E-state index in [1.807, 2.05) is 6.92 Å². The van der Waals surface area contributed by atoms with Crippen LogP contribution in [0.15, 0.2) is 12.4 Å². The lowest BCUT2D eigenvalue weighted by atomic mass is 10.1. The van der Waals surface area contributed by atoms with E-state index in [-0.39, 0.29) is 0 Å². The second kappa shape index (κ2) is 4.82. The van der Waals surface area contributed by atoms with Gasteiger partial charge in [-0.1, -0.05) is 26.3 Å². The highest BCUT2D eigenvalue weighted by Gasteiger charge is 1.91. The highest BCUT2D eigenvalue weighted by molar-refractivity contribution is 4.78. The summed E-state index contributed by atoms with van der Waals surface area (Å²) in [4.78, 5) is 0. The molecule has 0 saturated carbocycles. The van der Waals surface area contributed by atoms with Crippen LogP contribution in [0.25, 0.3) is 0 Å². The average Bonchev–Trinajstić information content (AvgIpc) is 1.68. The van der Waals surface area contributed by atoms with Gasteiger partial charge >= 0.3 is 0 Å². The van der Waals surface area contributed by atoms with Crippen molar-refractivity contribution >= 4 is 0 Å². The van der Waals surface area contributed by atoms with E-state index in [2.05, 4.69) is 6.92 Å². The third-order valence-corrected chi connectivity index (χ3v) is 1.15. The van der Waals surface area contributed by atoms with Gasteiger partial charge in [-0.2, -0.15) is 0 Å². The van der Waals surface area contributed by atoms with Crippen molar-refractivity contribution in [3.8, 4) is 0 Å². The van der Waals surface area contributed by atoms with Gasteiger partial charge in [-0.15, -0.1) is 0 Å². The van der Waals surface area contributed by atoms with E-state index in [4.69, 9.17) is 0 Å². The van der Waals surface area contributed by atoms with Gasteiger partial charge in [0.1, 0.15) is 0 Å². The predicted molar refractivity (Wildman–Crippen MR) is 34.3 cm³/mol. The molecule has 0 N–H and O–H groups in total. The lowest BCUT2D eigenvalue weighted by molar-refractivity contribution is 0.613. The number of hydrogen-bond acceptors (Lipinski definition) is 0. The molecule has 0 aliphatic carbocycles. The Hall–Kier alpha value is -0.330. The minimum atomic E-state index is 0.407. The first kappa shape index (κ1) is 7.67. The maximum Gasteiger partial charge on any atom is 0.0829 e. The van der Waals surface area contributed by atoms with Crippen molar-refractivity contribution < 1.29 is 4.39 Å². The highest BCUT2D eigenvalue weighted by atomic mass is 19.1. The molecule has 0 bridgehead atoms. The van der Waals surface area contributed by atoms with Gasteiger partial charge in [0.2, 0.25) is 0 Å². The molecule has 0 radical (unpaired) electrons. The molecule has 0 rings (SSSR count). The molecule has 0 nitrogen and oxygen atoms in total. The maximum absolute atomic E-state index is 11.4. The quantitative estimate of drug-likeness (QED) is 0.531. The summed E-state index contributed by atoms with van der Waals surface area (Å²) in [5, 5.41) is 0. The molecule has 0 saturated heterocycles. The van der Waals surface area contributed by atoms with Crippen LogP contribution in [0.2, 0.25) is 0 Å². The molecule has 0 spiro atoms. The van der Waals surface area contributed by atoms with E-state index < -0.39 is 0 Å². The summed E-state index contributed by atoms with van der Waals surface area (Å²) in [5.74, 6) is 0.407. The third-order valence-electron chi connectivity index (χ3n) is 1.15. The Kier molecular flexibility index (Phi) is 4.62. The van der Waals surface area contributed by atoms with Crippen molar-refractivity contribution in [2.45, 2.75) is 26.7 Å². The summed E-state index contributed by atoms with van der Waals surface area (Å²) < 4.78 is 11.4. The number of halogens is 1. The van der Waals surface area contributed by atoms with Crippen molar-refractivity contribution in [2.24, 2.45) is 5.92 Å². The topological polar surface area (TPSA) is 0 Å². The monoisotopic (exact) mass is 116 g/mol. The van der Waals surface area contributed by atoms with Crippen molar-refractivity contribution in [1.29, 1.82) is 0 Å². The van der Waals surface area contributed by atoms with Crippen LogP contribution in [0.5, 0.6) is 0 Å². The standard InChI is InChI=1S/C7H13F/c1-3-4-7(2)5-6-8/h5-7H,3-4H2,1-2H3/b6-5+. The summed E-state index contributed by atoms with van der Waals surface area (Å²) in [6.07, 6.45) is 4.43. The first-order valence-electron chi connectivity index (χ1n) is 3.08. The Morgan fingerprint density at radius 2 is 2.25 bits per heavy atom. The molecule has 1 unspecified atom stereocenters. The first-order valence-corrected chi connectivity index (χ1v) is 3.08. The van der Waals surface area contributed by atoms with Crippen LogP contribution in [0.3, 0.4) is 0 Å². The lowest BCUT2D eigenvalue weighted by Crippen LogP contribution is -1.85. The second-order valence-corrected chi connectivity index (χ2v) is 2.08. The Balaban J connectivity index is 3.17. The van der Waals surface area contributed by atoms with Crippen molar-refractivity contribution in [3.05, 3.63) is 12.4 Å². The van der Waals surface area contributed by atoms with Crippen molar-refractivity contribution in [3.63, 3.8) is 0 Å². The summed E-state index contributed by atoms with van der Waals surface area (Å²) in [6, 6.07) is 0. The van der Waals surface area contributed by atoms with Gasteiger partial charge in [-0.25, -0.2) is 4.39 Å². The largest absolute Gasteiger partial charge is 0.216 e. The molecule has 0 heterocycles. The number of hydrogen-bond donors (Lipinski definition) is 0. The Morgan fingerprint density at radius 3 is 2.62 bits per heavy atom. The maximum atomic E-state index is 11.4. The van der Waals surface area contributed by atoms with Crippen LogP contribution in [-0.2, 0) is 0 Å². The van der Waals surface area contributed by atoms with Crippen LogP contribution in [0.1, 0.15) is 26.7 Å². The zero-order valence-corrected chi connectivity index (χ0v) is 5.52. The smallest absolute Gasteiger partial charge is 0.0829 e. The fourth-order valence-electron chi connectivity index (χ4n) is 0.676. The molecule has 0 aliphatic rings. The van der Waals surface area contributed by atoms with Crippen LogP contribution in [0.4, 0.5) is 4.39 Å². The molecule has 0 aromatic carbocycles. The van der Waals surface area contributed by atoms with Crippen LogP contribution in [0, 0.1) is 5.92 Å². The second-order valence-electron chi connectivity index (χ2n) is 2.08. The molecule has 48 valence electrons. The average molecular weight is 116 g/mol. The highest BCUT2D eigenvalue weighted by Crippen LogP contribution is 2.05. The van der Waals surface area contributed by atoms with Crippen LogP contribution < -0.4 is 0 Å². The van der Waals surface area contributed by atoms with Crippen LogP contribution >= 0.6 is 0 Å². The van der Waals surface area contributed by atoms with Gasteiger partial charge < -0.3 is 0 Å². The van der Waals surface area contributed by atoms with E-state index >= 15 is 0 Å².